The number of carbonyl (C=O) groups excluding carboxylic acids is 1. The Morgan fingerprint density at radius 2 is 1.57 bits per heavy atom. The van der Waals surface area contributed by atoms with E-state index in [0.29, 0.717) is 34.9 Å². The summed E-state index contributed by atoms with van der Waals surface area (Å²) >= 11 is 3.42. The van der Waals surface area contributed by atoms with Crippen LogP contribution in [-0.2, 0) is 22.6 Å². The van der Waals surface area contributed by atoms with E-state index >= 15 is 0 Å². The highest BCUT2D eigenvalue weighted by Crippen LogP contribution is 2.33. The minimum Gasteiger partial charge on any atom is -0.502 e. The van der Waals surface area contributed by atoms with Crippen molar-refractivity contribution in [2.75, 3.05) is 25.7 Å². The van der Waals surface area contributed by atoms with Crippen LogP contribution in [0.4, 0.5) is 11.5 Å². The maximum Gasteiger partial charge on any atom is 0.373 e. The van der Waals surface area contributed by atoms with Gasteiger partial charge in [-0.05, 0) is 58.2 Å². The van der Waals surface area contributed by atoms with Gasteiger partial charge in [0.1, 0.15) is 23.0 Å². The second kappa shape index (κ2) is 12.7. The first-order valence-electron chi connectivity index (χ1n) is 11.2. The lowest BCUT2D eigenvalue weighted by Crippen LogP contribution is -2.24. The standard InChI is InChI=1S/C26H26BrN3O7/c1-4-37-26(32)24(31)14-22-23(30(33)34)13-21(27)25(28-22)29(15-17-5-9-19(35-2)10-6-17)16-18-7-11-20(36-3)12-8-18/h5-14,31H,4,15-16H2,1-3H3/b24-14-. The van der Waals surface area contributed by atoms with Crippen LogP contribution in [-0.4, -0.2) is 41.8 Å². The van der Waals surface area contributed by atoms with E-state index in [1.807, 2.05) is 53.4 Å². The average Bonchev–Trinajstić information content (AvgIpc) is 2.90. The summed E-state index contributed by atoms with van der Waals surface area (Å²) in [5, 5.41) is 21.9. The molecule has 0 aliphatic rings. The number of nitro groups is 1. The molecule has 10 nitrogen and oxygen atoms in total. The molecule has 37 heavy (non-hydrogen) atoms. The summed E-state index contributed by atoms with van der Waals surface area (Å²) in [5.74, 6) is 0.00281. The maximum atomic E-state index is 11.9. The van der Waals surface area contributed by atoms with E-state index in [1.165, 1.54) is 6.07 Å². The second-order valence-electron chi connectivity index (χ2n) is 7.76. The van der Waals surface area contributed by atoms with Crippen molar-refractivity contribution in [3.05, 3.63) is 91.8 Å². The molecule has 3 rings (SSSR count). The third-order valence-electron chi connectivity index (χ3n) is 5.29. The molecular formula is C26H26BrN3O7. The zero-order valence-electron chi connectivity index (χ0n) is 20.5. The van der Waals surface area contributed by atoms with E-state index < -0.39 is 16.7 Å². The number of nitrogens with zero attached hydrogens (tertiary/aromatic N) is 3. The van der Waals surface area contributed by atoms with Gasteiger partial charge in [-0.15, -0.1) is 0 Å². The summed E-state index contributed by atoms with van der Waals surface area (Å²) in [5.41, 5.74) is 1.30. The molecule has 11 heteroatoms. The number of methoxy groups -OCH3 is 2. The van der Waals surface area contributed by atoms with Gasteiger partial charge in [-0.2, -0.15) is 0 Å². The van der Waals surface area contributed by atoms with Crippen LogP contribution in [0.25, 0.3) is 6.08 Å². The van der Waals surface area contributed by atoms with Crippen LogP contribution in [0.2, 0.25) is 0 Å². The number of carbonyl (C=O) groups is 1. The molecule has 0 saturated carbocycles. The number of aromatic nitrogens is 1. The zero-order valence-corrected chi connectivity index (χ0v) is 22.1. The van der Waals surface area contributed by atoms with Gasteiger partial charge < -0.3 is 24.2 Å². The number of pyridine rings is 1. The first-order chi connectivity index (χ1) is 17.7. The summed E-state index contributed by atoms with van der Waals surface area (Å²) in [4.78, 5) is 29.4. The third-order valence-corrected chi connectivity index (χ3v) is 5.87. The Balaban J connectivity index is 2.08. The van der Waals surface area contributed by atoms with E-state index in [1.54, 1.807) is 21.1 Å². The molecule has 1 heterocycles. The van der Waals surface area contributed by atoms with Crippen molar-refractivity contribution in [2.24, 2.45) is 0 Å². The van der Waals surface area contributed by atoms with E-state index in [4.69, 9.17) is 14.2 Å². The molecule has 0 saturated heterocycles. The molecule has 1 aromatic heterocycles. The Labute approximate surface area is 222 Å². The predicted octanol–water partition coefficient (Wildman–Crippen LogP) is 5.44. The molecule has 2 aromatic carbocycles. The molecule has 0 atom stereocenters. The Hall–Kier alpha value is -4.12. The highest BCUT2D eigenvalue weighted by Gasteiger charge is 2.23. The first-order valence-corrected chi connectivity index (χ1v) is 12.0. The number of ether oxygens (including phenoxy) is 3. The number of benzene rings is 2. The first kappa shape index (κ1) is 27.5. The SMILES string of the molecule is CCOC(=O)/C(O)=C/c1nc(N(Cc2ccc(OC)cc2)Cc2ccc(OC)cc2)c(Br)cc1[N+](=O)[O-]. The van der Waals surface area contributed by atoms with Gasteiger partial charge in [-0.25, -0.2) is 9.78 Å². The number of hydrogen-bond donors (Lipinski definition) is 1. The van der Waals surface area contributed by atoms with Crippen LogP contribution in [0.5, 0.6) is 11.5 Å². The lowest BCUT2D eigenvalue weighted by molar-refractivity contribution is -0.385. The van der Waals surface area contributed by atoms with Crippen molar-refractivity contribution >= 4 is 39.5 Å². The van der Waals surface area contributed by atoms with Crippen molar-refractivity contribution in [3.63, 3.8) is 0 Å². The number of aliphatic hydroxyl groups is 1. The quantitative estimate of drug-likeness (QED) is 0.105. The van der Waals surface area contributed by atoms with E-state index in [-0.39, 0.29) is 18.0 Å². The largest absolute Gasteiger partial charge is 0.502 e. The van der Waals surface area contributed by atoms with Gasteiger partial charge in [0, 0.05) is 25.2 Å². The molecule has 0 aliphatic heterocycles. The summed E-state index contributed by atoms with van der Waals surface area (Å²) in [6, 6.07) is 16.3. The third kappa shape index (κ3) is 7.20. The van der Waals surface area contributed by atoms with Gasteiger partial charge in [0.25, 0.3) is 5.69 Å². The highest BCUT2D eigenvalue weighted by atomic mass is 79.9. The molecule has 1 N–H and O–H groups in total. The summed E-state index contributed by atoms with van der Waals surface area (Å²) in [6.45, 7) is 2.41. The molecule has 0 aliphatic carbocycles. The zero-order chi connectivity index (χ0) is 26.9. The fourth-order valence-corrected chi connectivity index (χ4v) is 4.02. The number of rotatable bonds is 11. The van der Waals surface area contributed by atoms with E-state index in [2.05, 4.69) is 20.9 Å². The van der Waals surface area contributed by atoms with Crippen molar-refractivity contribution in [3.8, 4) is 11.5 Å². The highest BCUT2D eigenvalue weighted by molar-refractivity contribution is 9.10. The van der Waals surface area contributed by atoms with Crippen LogP contribution < -0.4 is 14.4 Å². The lowest BCUT2D eigenvalue weighted by atomic mass is 10.1. The monoisotopic (exact) mass is 571 g/mol. The van der Waals surface area contributed by atoms with Crippen LogP contribution >= 0.6 is 15.9 Å². The fourth-order valence-electron chi connectivity index (χ4n) is 3.46. The van der Waals surface area contributed by atoms with Crippen molar-refractivity contribution in [1.82, 2.24) is 4.98 Å². The molecule has 0 amide bonds. The summed E-state index contributed by atoms with van der Waals surface area (Å²) in [7, 11) is 3.17. The van der Waals surface area contributed by atoms with Crippen LogP contribution in [0.3, 0.4) is 0 Å². The molecule has 0 bridgehead atoms. The smallest absolute Gasteiger partial charge is 0.373 e. The molecule has 0 unspecified atom stereocenters. The average molecular weight is 572 g/mol. The van der Waals surface area contributed by atoms with Crippen molar-refractivity contribution in [1.29, 1.82) is 0 Å². The number of esters is 1. The molecule has 0 radical (unpaired) electrons. The molecule has 0 fully saturated rings. The number of halogens is 1. The van der Waals surface area contributed by atoms with Crippen LogP contribution in [0, 0.1) is 10.1 Å². The minimum absolute atomic E-state index is 0.0370. The Kier molecular flexibility index (Phi) is 9.45. The Morgan fingerprint density at radius 3 is 2.00 bits per heavy atom. The topological polar surface area (TPSA) is 124 Å². The molecular weight excluding hydrogens is 546 g/mol. The van der Waals surface area contributed by atoms with E-state index in [0.717, 1.165) is 17.2 Å². The Bertz CT molecular complexity index is 1230. The van der Waals surface area contributed by atoms with Gasteiger partial charge >= 0.3 is 5.97 Å². The van der Waals surface area contributed by atoms with Crippen LogP contribution in [0.15, 0.2) is 64.8 Å². The van der Waals surface area contributed by atoms with Crippen molar-refractivity contribution < 1.29 is 29.0 Å². The van der Waals surface area contributed by atoms with Gasteiger partial charge in [-0.3, -0.25) is 10.1 Å². The number of hydrogen-bond acceptors (Lipinski definition) is 9. The fraction of sp³-hybridized carbons (Fsp3) is 0.231. The van der Waals surface area contributed by atoms with Crippen molar-refractivity contribution in [2.45, 2.75) is 20.0 Å². The molecule has 3 aromatic rings. The number of anilines is 1. The lowest BCUT2D eigenvalue weighted by Gasteiger charge is -2.26. The summed E-state index contributed by atoms with van der Waals surface area (Å²) < 4.78 is 15.6. The minimum atomic E-state index is -1.00. The Morgan fingerprint density at radius 1 is 1.05 bits per heavy atom. The molecule has 0 spiro atoms. The molecule has 194 valence electrons. The van der Waals surface area contributed by atoms with Gasteiger partial charge in [0.15, 0.2) is 0 Å². The van der Waals surface area contributed by atoms with Gasteiger partial charge in [-0.1, -0.05) is 24.3 Å². The number of aliphatic hydroxyl groups excluding tert-OH is 1. The maximum absolute atomic E-state index is 11.9. The van der Waals surface area contributed by atoms with E-state index in [9.17, 15) is 20.0 Å². The predicted molar refractivity (Wildman–Crippen MR) is 142 cm³/mol. The van der Waals surface area contributed by atoms with Crippen LogP contribution in [0.1, 0.15) is 23.7 Å². The second-order valence-corrected chi connectivity index (χ2v) is 8.61. The van der Waals surface area contributed by atoms with Gasteiger partial charge in [0.05, 0.1) is 30.2 Å². The normalized spacial score (nSPS) is 11.1. The van der Waals surface area contributed by atoms with Gasteiger partial charge in [0.2, 0.25) is 5.76 Å². The summed E-state index contributed by atoms with van der Waals surface area (Å²) in [6.07, 6.45) is 0.936.